The number of likely N-dealkylation sites (tertiary alicyclic amines) is 1. The van der Waals surface area contributed by atoms with Crippen LogP contribution in [0.4, 0.5) is 0 Å². The average molecular weight is 426 g/mol. The molecule has 32 heavy (non-hydrogen) atoms. The molecule has 1 aliphatic heterocycles. The summed E-state index contributed by atoms with van der Waals surface area (Å²) < 4.78 is 1.80. The molecule has 5 rings (SSSR count). The molecular formula is C26H27N5O. The van der Waals surface area contributed by atoms with Crippen molar-refractivity contribution >= 4 is 16.6 Å². The smallest absolute Gasteiger partial charge is 0.168 e. The maximum absolute atomic E-state index is 13.0. The number of Topliss-reactive ketones (excluding diaryl/α,β-unsaturated/α-hetero) is 1. The Hall–Kier alpha value is -3.38. The first kappa shape index (κ1) is 20.5. The van der Waals surface area contributed by atoms with Crippen molar-refractivity contribution in [1.82, 2.24) is 24.6 Å². The first-order chi connectivity index (χ1) is 15.5. The van der Waals surface area contributed by atoms with Crippen LogP contribution in [-0.4, -0.2) is 50.6 Å². The fraction of sp³-hybridized carbons (Fsp3) is 0.308. The van der Waals surface area contributed by atoms with Gasteiger partial charge >= 0.3 is 0 Å². The van der Waals surface area contributed by atoms with Crippen molar-refractivity contribution in [2.45, 2.75) is 25.2 Å². The van der Waals surface area contributed by atoms with Crippen LogP contribution in [0.5, 0.6) is 0 Å². The molecule has 0 saturated carbocycles. The number of aromatic nitrogens is 4. The molecule has 0 N–H and O–H groups in total. The molecule has 162 valence electrons. The van der Waals surface area contributed by atoms with E-state index in [0.29, 0.717) is 5.92 Å². The van der Waals surface area contributed by atoms with Gasteiger partial charge in [0.25, 0.3) is 0 Å². The van der Waals surface area contributed by atoms with Crippen LogP contribution in [0.15, 0.2) is 61.2 Å². The molecule has 1 aliphatic rings. The highest BCUT2D eigenvalue weighted by molar-refractivity contribution is 5.98. The number of hydrogen-bond donors (Lipinski definition) is 0. The number of carbonyl (C=O) groups is 1. The number of piperidine rings is 1. The molecule has 0 amide bonds. The summed E-state index contributed by atoms with van der Waals surface area (Å²) in [6, 6.07) is 12.1. The number of hydrogen-bond acceptors (Lipinski definition) is 5. The third-order valence-corrected chi connectivity index (χ3v) is 6.40. The van der Waals surface area contributed by atoms with Crippen molar-refractivity contribution in [1.29, 1.82) is 0 Å². The third-order valence-electron chi connectivity index (χ3n) is 6.40. The minimum Gasteiger partial charge on any atom is -0.306 e. The summed E-state index contributed by atoms with van der Waals surface area (Å²) in [5, 5.41) is 6.39. The van der Waals surface area contributed by atoms with Crippen LogP contribution >= 0.6 is 0 Å². The molecule has 6 heteroatoms. The normalized spacial score (nSPS) is 15.3. The maximum atomic E-state index is 13.0. The number of aryl methyl sites for hydroxylation is 1. The zero-order valence-electron chi connectivity index (χ0n) is 18.5. The SMILES string of the molecule is CN1CCC(c2cc(C(=O)Cc3cc4cc(-c5cnn(C)c5)ccc4cn3)ccn2)CC1. The van der Waals surface area contributed by atoms with Crippen molar-refractivity contribution in [3.05, 3.63) is 78.1 Å². The van der Waals surface area contributed by atoms with Gasteiger partial charge in [-0.3, -0.25) is 19.4 Å². The van der Waals surface area contributed by atoms with E-state index in [1.54, 1.807) is 10.9 Å². The Morgan fingerprint density at radius 3 is 2.59 bits per heavy atom. The Labute approximate surface area is 187 Å². The topological polar surface area (TPSA) is 63.9 Å². The van der Waals surface area contributed by atoms with E-state index >= 15 is 0 Å². The van der Waals surface area contributed by atoms with Gasteiger partial charge < -0.3 is 4.90 Å². The summed E-state index contributed by atoms with van der Waals surface area (Å²) in [4.78, 5) is 24.5. The van der Waals surface area contributed by atoms with Gasteiger partial charge in [0.1, 0.15) is 0 Å². The third kappa shape index (κ3) is 4.32. The molecule has 6 nitrogen and oxygen atoms in total. The highest BCUT2D eigenvalue weighted by Gasteiger charge is 2.20. The quantitative estimate of drug-likeness (QED) is 0.447. The van der Waals surface area contributed by atoms with Crippen molar-refractivity contribution < 1.29 is 4.79 Å². The van der Waals surface area contributed by atoms with Crippen LogP contribution < -0.4 is 0 Å². The van der Waals surface area contributed by atoms with Gasteiger partial charge in [-0.25, -0.2) is 0 Å². The highest BCUT2D eigenvalue weighted by atomic mass is 16.1. The number of nitrogens with zero attached hydrogens (tertiary/aromatic N) is 5. The molecule has 0 aliphatic carbocycles. The van der Waals surface area contributed by atoms with E-state index in [9.17, 15) is 4.79 Å². The van der Waals surface area contributed by atoms with Crippen LogP contribution in [0, 0.1) is 0 Å². The van der Waals surface area contributed by atoms with Gasteiger partial charge in [-0.05, 0) is 68.2 Å². The van der Waals surface area contributed by atoms with E-state index in [-0.39, 0.29) is 12.2 Å². The van der Waals surface area contributed by atoms with Crippen LogP contribution in [-0.2, 0) is 13.5 Å². The number of carbonyl (C=O) groups excluding carboxylic acids is 1. The zero-order chi connectivity index (χ0) is 22.1. The Balaban J connectivity index is 1.36. The van der Waals surface area contributed by atoms with Crippen molar-refractivity contribution in [3.63, 3.8) is 0 Å². The lowest BCUT2D eigenvalue weighted by Crippen LogP contribution is -2.29. The minimum atomic E-state index is 0.0804. The van der Waals surface area contributed by atoms with Crippen molar-refractivity contribution in [2.75, 3.05) is 20.1 Å². The van der Waals surface area contributed by atoms with Crippen molar-refractivity contribution in [2.24, 2.45) is 7.05 Å². The monoisotopic (exact) mass is 425 g/mol. The molecule has 0 unspecified atom stereocenters. The summed E-state index contributed by atoms with van der Waals surface area (Å²) in [5.41, 5.74) is 4.72. The van der Waals surface area contributed by atoms with Gasteiger partial charge in [-0.2, -0.15) is 5.10 Å². The van der Waals surface area contributed by atoms with E-state index in [4.69, 9.17) is 0 Å². The molecule has 4 aromatic rings. The lowest BCUT2D eigenvalue weighted by molar-refractivity contribution is 0.0991. The Kier molecular flexibility index (Phi) is 5.53. The van der Waals surface area contributed by atoms with E-state index in [2.05, 4.69) is 45.2 Å². The van der Waals surface area contributed by atoms with Crippen LogP contribution in [0.1, 0.15) is 40.5 Å². The summed E-state index contributed by atoms with van der Waals surface area (Å²) in [7, 11) is 4.06. The second-order valence-electron chi connectivity index (χ2n) is 8.79. The second kappa shape index (κ2) is 8.63. The number of fused-ring (bicyclic) bond motifs is 1. The predicted molar refractivity (Wildman–Crippen MR) is 126 cm³/mol. The first-order valence-corrected chi connectivity index (χ1v) is 11.1. The zero-order valence-corrected chi connectivity index (χ0v) is 18.5. The fourth-order valence-electron chi connectivity index (χ4n) is 4.45. The van der Waals surface area contributed by atoms with E-state index in [1.807, 2.05) is 43.8 Å². The highest BCUT2D eigenvalue weighted by Crippen LogP contribution is 2.27. The molecule has 1 fully saturated rings. The first-order valence-electron chi connectivity index (χ1n) is 11.1. The van der Waals surface area contributed by atoms with E-state index in [0.717, 1.165) is 64.8 Å². The number of benzene rings is 1. The molecule has 0 atom stereocenters. The Morgan fingerprint density at radius 2 is 1.81 bits per heavy atom. The molecule has 0 bridgehead atoms. The van der Waals surface area contributed by atoms with E-state index in [1.165, 1.54) is 0 Å². The Morgan fingerprint density at radius 1 is 0.969 bits per heavy atom. The lowest BCUT2D eigenvalue weighted by Gasteiger charge is -2.28. The molecule has 4 heterocycles. The average Bonchev–Trinajstić information content (AvgIpc) is 3.25. The van der Waals surface area contributed by atoms with Crippen LogP contribution in [0.25, 0.3) is 21.9 Å². The van der Waals surface area contributed by atoms with Gasteiger partial charge in [0.05, 0.1) is 12.6 Å². The van der Waals surface area contributed by atoms with Gasteiger partial charge in [-0.1, -0.05) is 12.1 Å². The summed E-state index contributed by atoms with van der Waals surface area (Å²) in [6.07, 6.45) is 9.94. The summed E-state index contributed by atoms with van der Waals surface area (Å²) in [6.45, 7) is 2.15. The van der Waals surface area contributed by atoms with Crippen molar-refractivity contribution in [3.8, 4) is 11.1 Å². The molecule has 0 spiro atoms. The molecular weight excluding hydrogens is 398 g/mol. The largest absolute Gasteiger partial charge is 0.306 e. The number of pyridine rings is 2. The Bertz CT molecular complexity index is 1270. The number of rotatable bonds is 5. The van der Waals surface area contributed by atoms with Gasteiger partial charge in [0.15, 0.2) is 5.78 Å². The molecule has 0 radical (unpaired) electrons. The minimum absolute atomic E-state index is 0.0804. The molecule has 3 aromatic heterocycles. The predicted octanol–water partition coefficient (Wildman–Crippen LogP) is 4.26. The van der Waals surface area contributed by atoms with Gasteiger partial charge in [0.2, 0.25) is 0 Å². The standard InChI is InChI=1S/C26H27N5O/c1-30-9-6-18(7-10-30)25-13-20(5-8-27-25)26(32)14-24-12-22-11-19(3-4-21(22)15-28-24)23-16-29-31(2)17-23/h3-5,8,11-13,15-18H,6-7,9-10,14H2,1-2H3. The van der Waals surface area contributed by atoms with Gasteiger partial charge in [0, 0.05) is 59.5 Å². The summed E-state index contributed by atoms with van der Waals surface area (Å²) >= 11 is 0. The van der Waals surface area contributed by atoms with Crippen LogP contribution in [0.2, 0.25) is 0 Å². The summed E-state index contributed by atoms with van der Waals surface area (Å²) in [5.74, 6) is 0.514. The lowest BCUT2D eigenvalue weighted by atomic mass is 9.92. The van der Waals surface area contributed by atoms with E-state index < -0.39 is 0 Å². The van der Waals surface area contributed by atoms with Crippen LogP contribution in [0.3, 0.4) is 0 Å². The molecule has 1 aromatic carbocycles. The fourth-order valence-corrected chi connectivity index (χ4v) is 4.45. The van der Waals surface area contributed by atoms with Gasteiger partial charge in [-0.15, -0.1) is 0 Å². The maximum Gasteiger partial charge on any atom is 0.168 e. The molecule has 1 saturated heterocycles. The second-order valence-corrected chi connectivity index (χ2v) is 8.79. The number of ketones is 1.